The van der Waals surface area contributed by atoms with Crippen LogP contribution in [0.2, 0.25) is 0 Å². The summed E-state index contributed by atoms with van der Waals surface area (Å²) in [4.78, 5) is 23.6. The molecule has 0 unspecified atom stereocenters. The van der Waals surface area contributed by atoms with Crippen molar-refractivity contribution in [1.29, 1.82) is 0 Å². The average molecular weight is 275 g/mol. The monoisotopic (exact) mass is 275 g/mol. The topological polar surface area (TPSA) is 90.1 Å². The molecule has 3 N–H and O–H groups in total. The lowest BCUT2D eigenvalue weighted by Crippen LogP contribution is -2.34. The highest BCUT2D eigenvalue weighted by molar-refractivity contribution is 5.41. The zero-order valence-corrected chi connectivity index (χ0v) is 11.5. The summed E-state index contributed by atoms with van der Waals surface area (Å²) in [5, 5.41) is 2.53. The van der Waals surface area contributed by atoms with Gasteiger partial charge in [0.25, 0.3) is 11.1 Å². The number of H-pyrrole nitrogens is 1. The standard InChI is InChI=1S/C14H17N3O3/c1-9-10(2)14(19)17(16-13(9)18)7-8-20-12-5-3-11(15)4-6-12/h3-6H,7-8,15H2,1-2H3,(H,16,18). The Morgan fingerprint density at radius 2 is 1.80 bits per heavy atom. The summed E-state index contributed by atoms with van der Waals surface area (Å²) in [6.07, 6.45) is 0. The van der Waals surface area contributed by atoms with E-state index >= 15 is 0 Å². The Hall–Kier alpha value is -2.50. The van der Waals surface area contributed by atoms with Crippen LogP contribution in [0.25, 0.3) is 0 Å². The molecule has 20 heavy (non-hydrogen) atoms. The lowest BCUT2D eigenvalue weighted by Gasteiger charge is -2.09. The first-order chi connectivity index (χ1) is 9.49. The van der Waals surface area contributed by atoms with Crippen molar-refractivity contribution in [1.82, 2.24) is 9.78 Å². The van der Waals surface area contributed by atoms with E-state index in [4.69, 9.17) is 10.5 Å². The zero-order chi connectivity index (χ0) is 14.7. The fourth-order valence-corrected chi connectivity index (χ4v) is 1.77. The molecule has 6 nitrogen and oxygen atoms in total. The third-order valence-electron chi connectivity index (χ3n) is 3.17. The van der Waals surface area contributed by atoms with E-state index in [0.717, 1.165) is 0 Å². The van der Waals surface area contributed by atoms with Gasteiger partial charge in [-0.25, -0.2) is 4.68 Å². The van der Waals surface area contributed by atoms with E-state index in [0.29, 0.717) is 22.6 Å². The molecule has 0 aliphatic rings. The molecule has 1 heterocycles. The Balaban J connectivity index is 2.07. The van der Waals surface area contributed by atoms with Crippen molar-refractivity contribution < 1.29 is 4.74 Å². The molecule has 6 heteroatoms. The van der Waals surface area contributed by atoms with Gasteiger partial charge in [-0.3, -0.25) is 14.7 Å². The van der Waals surface area contributed by atoms with Gasteiger partial charge in [-0.1, -0.05) is 0 Å². The third-order valence-corrected chi connectivity index (χ3v) is 3.17. The average Bonchev–Trinajstić information content (AvgIpc) is 2.44. The number of anilines is 1. The van der Waals surface area contributed by atoms with Gasteiger partial charge in [0.1, 0.15) is 12.4 Å². The smallest absolute Gasteiger partial charge is 0.268 e. The van der Waals surface area contributed by atoms with Crippen LogP contribution in [0.1, 0.15) is 11.1 Å². The maximum absolute atomic E-state index is 11.9. The summed E-state index contributed by atoms with van der Waals surface area (Å²) in [7, 11) is 0. The molecular formula is C14H17N3O3. The normalized spacial score (nSPS) is 10.5. The van der Waals surface area contributed by atoms with E-state index < -0.39 is 0 Å². The van der Waals surface area contributed by atoms with Crippen molar-refractivity contribution >= 4 is 5.69 Å². The van der Waals surface area contributed by atoms with Gasteiger partial charge in [0, 0.05) is 16.8 Å². The molecule has 0 amide bonds. The van der Waals surface area contributed by atoms with E-state index in [2.05, 4.69) is 5.10 Å². The minimum atomic E-state index is -0.255. The lowest BCUT2D eigenvalue weighted by molar-refractivity contribution is 0.287. The zero-order valence-electron chi connectivity index (χ0n) is 11.5. The van der Waals surface area contributed by atoms with Gasteiger partial charge in [-0.2, -0.15) is 0 Å². The number of nitrogen functional groups attached to an aromatic ring is 1. The van der Waals surface area contributed by atoms with Gasteiger partial charge >= 0.3 is 0 Å². The minimum absolute atomic E-state index is 0.206. The number of hydrogen-bond donors (Lipinski definition) is 2. The van der Waals surface area contributed by atoms with E-state index in [1.807, 2.05) is 0 Å². The van der Waals surface area contributed by atoms with E-state index in [1.165, 1.54) is 4.68 Å². The predicted octanol–water partition coefficient (Wildman–Crippen LogP) is 0.815. The van der Waals surface area contributed by atoms with Crippen molar-refractivity contribution in [2.24, 2.45) is 0 Å². The van der Waals surface area contributed by atoms with Crippen molar-refractivity contribution in [3.63, 3.8) is 0 Å². The van der Waals surface area contributed by atoms with Crippen LogP contribution >= 0.6 is 0 Å². The first-order valence-corrected chi connectivity index (χ1v) is 6.27. The van der Waals surface area contributed by atoms with Crippen molar-refractivity contribution in [3.8, 4) is 5.75 Å². The SMILES string of the molecule is Cc1c(C)c(=O)n(CCOc2ccc(N)cc2)[nH]c1=O. The minimum Gasteiger partial charge on any atom is -0.492 e. The molecule has 1 aromatic carbocycles. The molecule has 0 radical (unpaired) electrons. The van der Waals surface area contributed by atoms with E-state index in [9.17, 15) is 9.59 Å². The van der Waals surface area contributed by atoms with Crippen LogP contribution < -0.4 is 21.6 Å². The van der Waals surface area contributed by atoms with Gasteiger partial charge in [-0.05, 0) is 38.1 Å². The number of hydrogen-bond acceptors (Lipinski definition) is 4. The third kappa shape index (κ3) is 2.90. The van der Waals surface area contributed by atoms with Crippen LogP contribution in [-0.4, -0.2) is 16.4 Å². The molecule has 1 aromatic heterocycles. The first-order valence-electron chi connectivity index (χ1n) is 6.27. The second-order valence-corrected chi connectivity index (χ2v) is 4.57. The molecule has 0 atom stereocenters. The Morgan fingerprint density at radius 1 is 1.15 bits per heavy atom. The molecule has 0 saturated heterocycles. The van der Waals surface area contributed by atoms with Gasteiger partial charge in [0.2, 0.25) is 0 Å². The number of aromatic amines is 1. The Kier molecular flexibility index (Phi) is 3.93. The maximum atomic E-state index is 11.9. The quantitative estimate of drug-likeness (QED) is 0.808. The number of nitrogens with one attached hydrogen (secondary N) is 1. The molecule has 0 fully saturated rings. The molecule has 0 saturated carbocycles. The maximum Gasteiger partial charge on any atom is 0.268 e. The van der Waals surface area contributed by atoms with Gasteiger partial charge in [0.05, 0.1) is 6.54 Å². The van der Waals surface area contributed by atoms with Gasteiger partial charge in [-0.15, -0.1) is 0 Å². The molecule has 0 bridgehead atoms. The van der Waals surface area contributed by atoms with Crippen LogP contribution in [-0.2, 0) is 6.54 Å². The number of ether oxygens (including phenoxy) is 1. The fraction of sp³-hybridized carbons (Fsp3) is 0.286. The molecule has 2 rings (SSSR count). The highest BCUT2D eigenvalue weighted by Crippen LogP contribution is 2.12. The highest BCUT2D eigenvalue weighted by Gasteiger charge is 2.06. The van der Waals surface area contributed by atoms with Crippen LogP contribution in [0.4, 0.5) is 5.69 Å². The van der Waals surface area contributed by atoms with Crippen LogP contribution in [0.3, 0.4) is 0 Å². The molecule has 0 aliphatic heterocycles. The van der Waals surface area contributed by atoms with Crippen LogP contribution in [0, 0.1) is 13.8 Å². The van der Waals surface area contributed by atoms with Crippen molar-refractivity contribution in [2.75, 3.05) is 12.3 Å². The number of nitrogens with two attached hydrogens (primary N) is 1. The Morgan fingerprint density at radius 3 is 2.45 bits per heavy atom. The largest absolute Gasteiger partial charge is 0.492 e. The van der Waals surface area contributed by atoms with Gasteiger partial charge in [0.15, 0.2) is 0 Å². The summed E-state index contributed by atoms with van der Waals surface area (Å²) in [6.45, 7) is 3.83. The molecule has 2 aromatic rings. The number of nitrogens with zero attached hydrogens (tertiary/aromatic N) is 1. The van der Waals surface area contributed by atoms with E-state index in [-0.39, 0.29) is 24.3 Å². The van der Waals surface area contributed by atoms with Crippen molar-refractivity contribution in [3.05, 3.63) is 56.1 Å². The van der Waals surface area contributed by atoms with Crippen LogP contribution in [0.15, 0.2) is 33.9 Å². The van der Waals surface area contributed by atoms with Crippen molar-refractivity contribution in [2.45, 2.75) is 20.4 Å². The summed E-state index contributed by atoms with van der Waals surface area (Å²) in [6, 6.07) is 6.97. The highest BCUT2D eigenvalue weighted by atomic mass is 16.5. The summed E-state index contributed by atoms with van der Waals surface area (Å²) < 4.78 is 6.76. The first kappa shape index (κ1) is 13.9. The van der Waals surface area contributed by atoms with E-state index in [1.54, 1.807) is 38.1 Å². The molecule has 0 spiro atoms. The van der Waals surface area contributed by atoms with Gasteiger partial charge < -0.3 is 10.5 Å². The molecule has 0 aliphatic carbocycles. The number of aromatic nitrogens is 2. The second-order valence-electron chi connectivity index (χ2n) is 4.57. The Labute approximate surface area is 115 Å². The lowest BCUT2D eigenvalue weighted by atomic mass is 10.2. The summed E-state index contributed by atoms with van der Waals surface area (Å²) in [5.41, 5.74) is 6.68. The summed E-state index contributed by atoms with van der Waals surface area (Å²) in [5.74, 6) is 0.665. The molecule has 106 valence electrons. The molecular weight excluding hydrogens is 258 g/mol. The summed E-state index contributed by atoms with van der Waals surface area (Å²) >= 11 is 0. The van der Waals surface area contributed by atoms with Crippen LogP contribution in [0.5, 0.6) is 5.75 Å². The Bertz CT molecular complexity index is 714. The predicted molar refractivity (Wildman–Crippen MR) is 77.1 cm³/mol. The fourth-order valence-electron chi connectivity index (χ4n) is 1.77. The number of benzene rings is 1. The second kappa shape index (κ2) is 5.64. The number of rotatable bonds is 4.